The van der Waals surface area contributed by atoms with E-state index in [4.69, 9.17) is 5.73 Å². The first-order valence-electron chi connectivity index (χ1n) is 7.07. The van der Waals surface area contributed by atoms with Gasteiger partial charge < -0.3 is 5.73 Å². The number of nitrogens with two attached hydrogens (primary N) is 1. The van der Waals surface area contributed by atoms with Crippen LogP contribution in [0.5, 0.6) is 0 Å². The van der Waals surface area contributed by atoms with Crippen molar-refractivity contribution in [1.82, 2.24) is 4.90 Å². The van der Waals surface area contributed by atoms with Crippen molar-refractivity contribution >= 4 is 11.8 Å². The number of hydrogen-bond donors (Lipinski definition) is 1. The average Bonchev–Trinajstić information content (AvgIpc) is 2.93. The van der Waals surface area contributed by atoms with Crippen molar-refractivity contribution in [3.63, 3.8) is 0 Å². The van der Waals surface area contributed by atoms with E-state index in [0.717, 1.165) is 6.42 Å². The minimum absolute atomic E-state index is 0.160. The van der Waals surface area contributed by atoms with Crippen LogP contribution in [0.3, 0.4) is 0 Å². The van der Waals surface area contributed by atoms with Crippen molar-refractivity contribution in [3.05, 3.63) is 35.4 Å². The Balaban J connectivity index is 1.99. The third-order valence-corrected chi connectivity index (χ3v) is 4.66. The SMILES string of the molecule is C[C@H](N)C(C1CC1(C)C)N1C(=O)c2ccccc2C1=O. The standard InChI is InChI=1S/C16H20N2O2/c1-9(17)13(12-8-16(12,2)3)18-14(19)10-6-4-5-7-11(10)15(18)20/h4-7,9,12-13H,8,17H2,1-3H3/t9-,12?,13?/m0/s1. The second-order valence-electron chi connectivity index (χ2n) is 6.67. The number of carbonyl (C=O) groups is 2. The molecule has 3 atom stereocenters. The zero-order valence-corrected chi connectivity index (χ0v) is 12.1. The first kappa shape index (κ1) is 13.3. The van der Waals surface area contributed by atoms with Gasteiger partial charge in [-0.05, 0) is 36.8 Å². The van der Waals surface area contributed by atoms with E-state index in [2.05, 4.69) is 13.8 Å². The fraction of sp³-hybridized carbons (Fsp3) is 0.500. The smallest absolute Gasteiger partial charge is 0.261 e. The molecule has 0 spiro atoms. The van der Waals surface area contributed by atoms with Gasteiger partial charge in [-0.1, -0.05) is 26.0 Å². The van der Waals surface area contributed by atoms with Crippen LogP contribution in [-0.4, -0.2) is 28.8 Å². The summed E-state index contributed by atoms with van der Waals surface area (Å²) in [7, 11) is 0. The molecule has 1 heterocycles. The first-order valence-corrected chi connectivity index (χ1v) is 7.07. The van der Waals surface area contributed by atoms with Gasteiger partial charge in [-0.25, -0.2) is 0 Å². The summed E-state index contributed by atoms with van der Waals surface area (Å²) in [5.41, 5.74) is 7.26. The maximum atomic E-state index is 12.5. The lowest BCUT2D eigenvalue weighted by Gasteiger charge is -2.30. The maximum Gasteiger partial charge on any atom is 0.261 e. The topological polar surface area (TPSA) is 63.4 Å². The van der Waals surface area contributed by atoms with Crippen LogP contribution in [0.4, 0.5) is 0 Å². The fourth-order valence-electron chi connectivity index (χ4n) is 3.35. The van der Waals surface area contributed by atoms with E-state index in [9.17, 15) is 9.59 Å². The van der Waals surface area contributed by atoms with Gasteiger partial charge in [0.15, 0.2) is 0 Å². The van der Waals surface area contributed by atoms with Crippen LogP contribution < -0.4 is 5.73 Å². The van der Waals surface area contributed by atoms with Gasteiger partial charge >= 0.3 is 0 Å². The lowest BCUT2D eigenvalue weighted by Crippen LogP contribution is -2.51. The van der Waals surface area contributed by atoms with Gasteiger partial charge in [0.05, 0.1) is 17.2 Å². The number of hydrogen-bond acceptors (Lipinski definition) is 3. The van der Waals surface area contributed by atoms with Crippen LogP contribution in [0.15, 0.2) is 24.3 Å². The molecule has 1 aromatic carbocycles. The third kappa shape index (κ3) is 1.79. The normalized spacial score (nSPS) is 26.4. The second kappa shape index (κ2) is 4.16. The molecule has 106 valence electrons. The van der Waals surface area contributed by atoms with E-state index in [1.807, 2.05) is 6.92 Å². The molecular formula is C16H20N2O2. The molecule has 2 N–H and O–H groups in total. The molecule has 4 nitrogen and oxygen atoms in total. The van der Waals surface area contributed by atoms with Crippen molar-refractivity contribution in [2.75, 3.05) is 0 Å². The second-order valence-corrected chi connectivity index (χ2v) is 6.67. The molecule has 0 radical (unpaired) electrons. The molecule has 0 saturated heterocycles. The summed E-state index contributed by atoms with van der Waals surface area (Å²) in [4.78, 5) is 26.5. The molecule has 1 aliphatic carbocycles. The highest BCUT2D eigenvalue weighted by molar-refractivity contribution is 6.21. The van der Waals surface area contributed by atoms with E-state index in [0.29, 0.717) is 17.0 Å². The zero-order chi connectivity index (χ0) is 14.7. The first-order chi connectivity index (χ1) is 9.34. The summed E-state index contributed by atoms with van der Waals surface area (Å²) in [6.07, 6.45) is 1.01. The highest BCUT2D eigenvalue weighted by atomic mass is 16.2. The predicted octanol–water partition coefficient (Wildman–Crippen LogP) is 2.04. The van der Waals surface area contributed by atoms with Crippen LogP contribution >= 0.6 is 0 Å². The molecule has 2 unspecified atom stereocenters. The molecule has 2 amide bonds. The molecule has 1 aromatic rings. The van der Waals surface area contributed by atoms with Crippen molar-refractivity contribution in [3.8, 4) is 0 Å². The summed E-state index contributed by atoms with van der Waals surface area (Å²) < 4.78 is 0. The van der Waals surface area contributed by atoms with E-state index in [-0.39, 0.29) is 29.3 Å². The third-order valence-electron chi connectivity index (χ3n) is 4.66. The number of carbonyl (C=O) groups excluding carboxylic acids is 2. The molecule has 0 bridgehead atoms. The van der Waals surface area contributed by atoms with Gasteiger partial charge in [-0.15, -0.1) is 0 Å². The average molecular weight is 272 g/mol. The van der Waals surface area contributed by atoms with Gasteiger partial charge in [0.1, 0.15) is 0 Å². The number of rotatable bonds is 3. The summed E-state index contributed by atoms with van der Waals surface area (Å²) in [6.45, 7) is 6.19. The van der Waals surface area contributed by atoms with E-state index in [1.165, 1.54) is 4.90 Å². The van der Waals surface area contributed by atoms with Gasteiger partial charge in [0.25, 0.3) is 11.8 Å². The lowest BCUT2D eigenvalue weighted by molar-refractivity contribution is 0.0530. The van der Waals surface area contributed by atoms with Crippen molar-refractivity contribution in [2.24, 2.45) is 17.1 Å². The molecule has 1 fully saturated rings. The minimum atomic E-state index is -0.219. The van der Waals surface area contributed by atoms with E-state index >= 15 is 0 Å². The van der Waals surface area contributed by atoms with Crippen LogP contribution in [0, 0.1) is 11.3 Å². The fourth-order valence-corrected chi connectivity index (χ4v) is 3.35. The molecule has 3 rings (SSSR count). The molecule has 0 aromatic heterocycles. The minimum Gasteiger partial charge on any atom is -0.326 e. The van der Waals surface area contributed by atoms with Gasteiger partial charge in [0, 0.05) is 6.04 Å². The Labute approximate surface area is 118 Å². The highest BCUT2D eigenvalue weighted by Crippen LogP contribution is 2.55. The van der Waals surface area contributed by atoms with Gasteiger partial charge in [-0.2, -0.15) is 0 Å². The molecule has 1 saturated carbocycles. The Bertz CT molecular complexity index is 557. The summed E-state index contributed by atoms with van der Waals surface area (Å²) in [6, 6.07) is 6.57. The summed E-state index contributed by atoms with van der Waals surface area (Å²) in [5.74, 6) is -0.101. The Kier molecular flexibility index (Phi) is 2.77. The summed E-state index contributed by atoms with van der Waals surface area (Å²) >= 11 is 0. The highest BCUT2D eigenvalue weighted by Gasteiger charge is 2.56. The maximum absolute atomic E-state index is 12.5. The van der Waals surface area contributed by atoms with Crippen molar-refractivity contribution < 1.29 is 9.59 Å². The molecule has 4 heteroatoms. The number of benzene rings is 1. The van der Waals surface area contributed by atoms with Crippen molar-refractivity contribution in [1.29, 1.82) is 0 Å². The Morgan fingerprint density at radius 1 is 1.20 bits per heavy atom. The van der Waals surface area contributed by atoms with E-state index in [1.54, 1.807) is 24.3 Å². The van der Waals surface area contributed by atoms with Crippen LogP contribution in [-0.2, 0) is 0 Å². The van der Waals surface area contributed by atoms with E-state index < -0.39 is 0 Å². The molecule has 2 aliphatic rings. The quantitative estimate of drug-likeness (QED) is 0.856. The predicted molar refractivity (Wildman–Crippen MR) is 76.3 cm³/mol. The summed E-state index contributed by atoms with van der Waals surface area (Å²) in [5, 5.41) is 0. The van der Waals surface area contributed by atoms with Crippen LogP contribution in [0.25, 0.3) is 0 Å². The number of fused-ring (bicyclic) bond motifs is 1. The van der Waals surface area contributed by atoms with Crippen LogP contribution in [0.2, 0.25) is 0 Å². The number of nitrogens with zero attached hydrogens (tertiary/aromatic N) is 1. The lowest BCUT2D eigenvalue weighted by atomic mass is 9.97. The monoisotopic (exact) mass is 272 g/mol. The Morgan fingerprint density at radius 3 is 2.00 bits per heavy atom. The number of amides is 2. The number of imide groups is 1. The Morgan fingerprint density at radius 2 is 1.65 bits per heavy atom. The largest absolute Gasteiger partial charge is 0.326 e. The van der Waals surface area contributed by atoms with Crippen molar-refractivity contribution in [2.45, 2.75) is 39.3 Å². The zero-order valence-electron chi connectivity index (χ0n) is 12.1. The van der Waals surface area contributed by atoms with Gasteiger partial charge in [0.2, 0.25) is 0 Å². The Hall–Kier alpha value is -1.68. The molecular weight excluding hydrogens is 252 g/mol. The molecule has 1 aliphatic heterocycles. The van der Waals surface area contributed by atoms with Gasteiger partial charge in [-0.3, -0.25) is 14.5 Å². The van der Waals surface area contributed by atoms with Crippen LogP contribution in [0.1, 0.15) is 47.9 Å². The molecule has 20 heavy (non-hydrogen) atoms.